The average molecular weight is 511 g/mol. The maximum absolute atomic E-state index is 10.6. The zero-order chi connectivity index (χ0) is 25.9. The van der Waals surface area contributed by atoms with Gasteiger partial charge in [-0.15, -0.1) is 0 Å². The minimum absolute atomic E-state index is 0.270. The van der Waals surface area contributed by atoms with Gasteiger partial charge in [-0.25, -0.2) is 0 Å². The molecule has 2 N–H and O–H groups in total. The Hall–Kier alpha value is -3.36. The minimum Gasteiger partial charge on any atom is -0.394 e. The third kappa shape index (κ3) is 5.15. The van der Waals surface area contributed by atoms with Crippen molar-refractivity contribution in [1.82, 2.24) is 0 Å². The summed E-state index contributed by atoms with van der Waals surface area (Å²) in [5.74, 6) is 0. The fraction of sp³-hybridized carbons (Fsp3) is 0.250. The van der Waals surface area contributed by atoms with E-state index >= 15 is 0 Å². The summed E-state index contributed by atoms with van der Waals surface area (Å²) in [6, 6.07) is 36.2. The molecular weight excluding hydrogens is 480 g/mol. The second-order valence-corrected chi connectivity index (χ2v) is 9.60. The molecule has 0 amide bonds. The Morgan fingerprint density at radius 2 is 1.11 bits per heavy atom. The van der Waals surface area contributed by atoms with Crippen molar-refractivity contribution in [3.05, 3.63) is 120 Å². The number of hydrogen-bond acceptors (Lipinski definition) is 6. The lowest BCUT2D eigenvalue weighted by Crippen LogP contribution is -2.58. The summed E-state index contributed by atoms with van der Waals surface area (Å²) in [6.45, 7) is -0.180. The Morgan fingerprint density at radius 1 is 0.605 bits per heavy atom. The number of aliphatic hydroxyl groups is 2. The van der Waals surface area contributed by atoms with Gasteiger partial charge >= 0.3 is 0 Å². The second-order valence-electron chi connectivity index (χ2n) is 9.60. The highest BCUT2D eigenvalue weighted by Gasteiger charge is 2.48. The standard InChI is InChI=1S/C32H30O6/c33-19-27(34)29-30-28(36-32(37-29)26-17-13-24(14-18-26)22-9-5-2-6-10-22)20-35-31(38-30)25-15-11-23(12-16-25)21-7-3-1-4-8-21/h1-18,27-34H,19-20H2/t27-,28+,29-,30-,31?,32?/m1/s1. The normalized spacial score (nSPS) is 25.9. The summed E-state index contributed by atoms with van der Waals surface area (Å²) in [5, 5.41) is 20.4. The molecular formula is C32H30O6. The third-order valence-electron chi connectivity index (χ3n) is 7.11. The van der Waals surface area contributed by atoms with Crippen LogP contribution in [0.15, 0.2) is 109 Å². The molecule has 2 aliphatic rings. The first-order valence-corrected chi connectivity index (χ1v) is 12.9. The topological polar surface area (TPSA) is 77.4 Å². The zero-order valence-corrected chi connectivity index (χ0v) is 20.8. The maximum Gasteiger partial charge on any atom is 0.184 e. The molecule has 194 valence electrons. The van der Waals surface area contributed by atoms with E-state index in [1.54, 1.807) is 0 Å². The Bertz CT molecular complexity index is 1310. The van der Waals surface area contributed by atoms with Crippen LogP contribution in [0.3, 0.4) is 0 Å². The van der Waals surface area contributed by atoms with E-state index in [9.17, 15) is 10.2 Å². The van der Waals surface area contributed by atoms with Crippen molar-refractivity contribution in [1.29, 1.82) is 0 Å². The summed E-state index contributed by atoms with van der Waals surface area (Å²) >= 11 is 0. The van der Waals surface area contributed by atoms with Crippen molar-refractivity contribution >= 4 is 0 Å². The van der Waals surface area contributed by atoms with Gasteiger partial charge in [-0.2, -0.15) is 0 Å². The second kappa shape index (κ2) is 11.2. The minimum atomic E-state index is -1.13. The molecule has 4 aromatic carbocycles. The van der Waals surface area contributed by atoms with Crippen LogP contribution in [0, 0.1) is 0 Å². The number of aliphatic hydroxyl groups excluding tert-OH is 2. The van der Waals surface area contributed by atoms with Crippen LogP contribution in [0.25, 0.3) is 22.3 Å². The Labute approximate surface area is 222 Å². The summed E-state index contributed by atoms with van der Waals surface area (Å²) in [4.78, 5) is 0. The number of hydrogen-bond donors (Lipinski definition) is 2. The lowest BCUT2D eigenvalue weighted by Gasteiger charge is -2.47. The van der Waals surface area contributed by atoms with E-state index < -0.39 is 43.6 Å². The van der Waals surface area contributed by atoms with Gasteiger partial charge in [0.25, 0.3) is 0 Å². The molecule has 38 heavy (non-hydrogen) atoms. The van der Waals surface area contributed by atoms with Crippen molar-refractivity contribution in [2.75, 3.05) is 13.2 Å². The first kappa shape index (κ1) is 24.9. The maximum atomic E-state index is 10.6. The van der Waals surface area contributed by atoms with Crippen LogP contribution < -0.4 is 0 Å². The molecule has 2 saturated heterocycles. The van der Waals surface area contributed by atoms with Gasteiger partial charge in [0, 0.05) is 11.1 Å². The molecule has 0 radical (unpaired) electrons. The number of rotatable bonds is 6. The molecule has 0 aliphatic carbocycles. The van der Waals surface area contributed by atoms with Crippen LogP contribution in [0.2, 0.25) is 0 Å². The first-order chi connectivity index (χ1) is 18.7. The molecule has 6 rings (SSSR count). The van der Waals surface area contributed by atoms with E-state index in [4.69, 9.17) is 18.9 Å². The van der Waals surface area contributed by atoms with E-state index in [2.05, 4.69) is 24.3 Å². The molecule has 0 spiro atoms. The molecule has 6 atom stereocenters. The van der Waals surface area contributed by atoms with E-state index in [1.807, 2.05) is 84.9 Å². The Morgan fingerprint density at radius 3 is 1.63 bits per heavy atom. The smallest absolute Gasteiger partial charge is 0.184 e. The van der Waals surface area contributed by atoms with Crippen molar-refractivity contribution < 1.29 is 29.2 Å². The highest BCUT2D eigenvalue weighted by Crippen LogP contribution is 2.39. The van der Waals surface area contributed by atoms with Gasteiger partial charge in [-0.05, 0) is 22.3 Å². The highest BCUT2D eigenvalue weighted by atomic mass is 16.8. The van der Waals surface area contributed by atoms with Gasteiger partial charge in [0.1, 0.15) is 24.4 Å². The van der Waals surface area contributed by atoms with Gasteiger partial charge in [0.2, 0.25) is 0 Å². The number of ether oxygens (including phenoxy) is 4. The fourth-order valence-electron chi connectivity index (χ4n) is 5.04. The van der Waals surface area contributed by atoms with Crippen LogP contribution in [0.4, 0.5) is 0 Å². The van der Waals surface area contributed by atoms with E-state index in [0.29, 0.717) is 0 Å². The van der Waals surface area contributed by atoms with Gasteiger partial charge in [-0.3, -0.25) is 0 Å². The molecule has 2 heterocycles. The van der Waals surface area contributed by atoms with Crippen LogP contribution in [0.5, 0.6) is 0 Å². The first-order valence-electron chi connectivity index (χ1n) is 12.9. The summed E-state index contributed by atoms with van der Waals surface area (Å²) in [5.41, 5.74) is 6.11. The van der Waals surface area contributed by atoms with E-state index in [1.165, 1.54) is 0 Å². The van der Waals surface area contributed by atoms with Gasteiger partial charge < -0.3 is 29.2 Å². The van der Waals surface area contributed by atoms with Gasteiger partial charge in [0.15, 0.2) is 12.6 Å². The third-order valence-corrected chi connectivity index (χ3v) is 7.11. The van der Waals surface area contributed by atoms with Gasteiger partial charge in [-0.1, -0.05) is 109 Å². The van der Waals surface area contributed by atoms with Crippen molar-refractivity contribution in [2.24, 2.45) is 0 Å². The average Bonchev–Trinajstić information content (AvgIpc) is 3.01. The van der Waals surface area contributed by atoms with Crippen LogP contribution >= 0.6 is 0 Å². The molecule has 0 bridgehead atoms. The largest absolute Gasteiger partial charge is 0.394 e. The molecule has 2 fully saturated rings. The monoisotopic (exact) mass is 510 g/mol. The Kier molecular flexibility index (Phi) is 7.33. The molecule has 4 aromatic rings. The van der Waals surface area contributed by atoms with Crippen molar-refractivity contribution in [3.63, 3.8) is 0 Å². The lowest BCUT2D eigenvalue weighted by atomic mass is 9.98. The predicted octanol–water partition coefficient (Wildman–Crippen LogP) is 5.27. The molecule has 0 saturated carbocycles. The highest BCUT2D eigenvalue weighted by molar-refractivity contribution is 5.64. The van der Waals surface area contributed by atoms with Crippen LogP contribution in [0.1, 0.15) is 23.7 Å². The number of fused-ring (bicyclic) bond motifs is 1. The number of benzene rings is 4. The summed E-state index contributed by atoms with van der Waals surface area (Å²) in [6.07, 6.45) is -4.34. The fourth-order valence-corrected chi connectivity index (χ4v) is 5.04. The lowest BCUT2D eigenvalue weighted by molar-refractivity contribution is -0.373. The van der Waals surface area contributed by atoms with Crippen molar-refractivity contribution in [2.45, 2.75) is 37.0 Å². The van der Waals surface area contributed by atoms with Gasteiger partial charge in [0.05, 0.1) is 13.2 Å². The van der Waals surface area contributed by atoms with Crippen molar-refractivity contribution in [3.8, 4) is 22.3 Å². The SMILES string of the molecule is OC[C@@H](O)[C@H]1OC(c2ccc(-c3ccccc3)cc2)O[C@H]2COC(c3ccc(-c4ccccc4)cc3)O[C@@H]12. The summed E-state index contributed by atoms with van der Waals surface area (Å²) in [7, 11) is 0. The molecule has 2 aliphatic heterocycles. The molecule has 6 heteroatoms. The molecule has 2 unspecified atom stereocenters. The zero-order valence-electron chi connectivity index (χ0n) is 20.8. The van der Waals surface area contributed by atoms with Crippen LogP contribution in [-0.4, -0.2) is 47.8 Å². The van der Waals surface area contributed by atoms with E-state index in [0.717, 1.165) is 33.4 Å². The molecule has 6 nitrogen and oxygen atoms in total. The predicted molar refractivity (Wildman–Crippen MR) is 143 cm³/mol. The quantitative estimate of drug-likeness (QED) is 0.368. The van der Waals surface area contributed by atoms with Crippen LogP contribution in [-0.2, 0) is 18.9 Å². The molecule has 0 aromatic heterocycles. The van der Waals surface area contributed by atoms with E-state index in [-0.39, 0.29) is 6.61 Å². The summed E-state index contributed by atoms with van der Waals surface area (Å²) < 4.78 is 24.8. The Balaban J connectivity index is 1.18.